The highest BCUT2D eigenvalue weighted by Gasteiger charge is 2.33. The Balaban J connectivity index is 0.000000427. The second-order valence-electron chi connectivity index (χ2n) is 6.61. The van der Waals surface area contributed by atoms with Crippen molar-refractivity contribution in [1.29, 1.82) is 0 Å². The molecule has 0 aliphatic carbocycles. The molecular formula is C19H16Cl2N4O7. The molecule has 1 saturated heterocycles. The highest BCUT2D eigenvalue weighted by molar-refractivity contribution is 6.42. The first kappa shape index (κ1) is 23.3. The van der Waals surface area contributed by atoms with Crippen LogP contribution in [-0.4, -0.2) is 62.7 Å². The zero-order valence-electron chi connectivity index (χ0n) is 16.2. The van der Waals surface area contributed by atoms with Crippen LogP contribution in [0.1, 0.15) is 11.8 Å². The lowest BCUT2D eigenvalue weighted by molar-refractivity contribution is -0.159. The second-order valence-corrected chi connectivity index (χ2v) is 7.43. The number of anilines is 1. The van der Waals surface area contributed by atoms with Gasteiger partial charge in [-0.05, 0) is 30.3 Å². The number of amides is 1. The first-order valence-corrected chi connectivity index (χ1v) is 9.79. The van der Waals surface area contributed by atoms with E-state index in [1.54, 1.807) is 36.6 Å². The van der Waals surface area contributed by atoms with Crippen molar-refractivity contribution in [2.45, 2.75) is 5.92 Å². The van der Waals surface area contributed by atoms with Crippen molar-refractivity contribution >= 4 is 46.7 Å². The summed E-state index contributed by atoms with van der Waals surface area (Å²) in [6.07, 6.45) is 1.56. The van der Waals surface area contributed by atoms with E-state index in [-0.39, 0.29) is 18.4 Å². The van der Waals surface area contributed by atoms with Gasteiger partial charge in [0.05, 0.1) is 28.8 Å². The van der Waals surface area contributed by atoms with Crippen molar-refractivity contribution in [3.05, 3.63) is 52.5 Å². The number of rotatable bonds is 5. The predicted molar refractivity (Wildman–Crippen MR) is 112 cm³/mol. The average Bonchev–Trinajstić information content (AvgIpc) is 3.39. The Morgan fingerprint density at radius 1 is 1.12 bits per heavy atom. The van der Waals surface area contributed by atoms with E-state index < -0.39 is 11.9 Å². The largest absolute Gasteiger partial charge is 0.473 e. The number of nitrogens with zero attached hydrogens (tertiary/aromatic N) is 3. The summed E-state index contributed by atoms with van der Waals surface area (Å²) in [4.78, 5) is 36.7. The van der Waals surface area contributed by atoms with Crippen molar-refractivity contribution in [2.75, 3.05) is 25.0 Å². The van der Waals surface area contributed by atoms with E-state index >= 15 is 0 Å². The zero-order valence-corrected chi connectivity index (χ0v) is 17.7. The summed E-state index contributed by atoms with van der Waals surface area (Å²) in [7, 11) is 0. The molecule has 3 N–H and O–H groups in total. The number of benzene rings is 1. The van der Waals surface area contributed by atoms with Crippen LogP contribution in [0, 0.1) is 0 Å². The fraction of sp³-hybridized carbons (Fsp3) is 0.211. The van der Waals surface area contributed by atoms with Crippen LogP contribution >= 0.6 is 23.2 Å². The number of carboxylic acid groups (broad SMARTS) is 2. The Labute approximate surface area is 190 Å². The van der Waals surface area contributed by atoms with Gasteiger partial charge in [-0.3, -0.25) is 9.69 Å². The van der Waals surface area contributed by atoms with E-state index in [9.17, 15) is 4.79 Å². The first-order chi connectivity index (χ1) is 15.2. The molecule has 0 unspecified atom stereocenters. The predicted octanol–water partition coefficient (Wildman–Crippen LogP) is 2.83. The molecule has 0 radical (unpaired) electrons. The Kier molecular flexibility index (Phi) is 7.46. The van der Waals surface area contributed by atoms with Gasteiger partial charge in [0.15, 0.2) is 5.76 Å². The topological polar surface area (TPSA) is 159 Å². The highest BCUT2D eigenvalue weighted by Crippen LogP contribution is 2.28. The van der Waals surface area contributed by atoms with Crippen molar-refractivity contribution in [2.24, 2.45) is 0 Å². The van der Waals surface area contributed by atoms with Crippen LogP contribution in [0.4, 0.5) is 5.69 Å². The van der Waals surface area contributed by atoms with Gasteiger partial charge in [-0.1, -0.05) is 28.4 Å². The molecule has 32 heavy (non-hydrogen) atoms. The average molecular weight is 483 g/mol. The lowest BCUT2D eigenvalue weighted by atomic mass is 10.0. The molecule has 0 saturated carbocycles. The summed E-state index contributed by atoms with van der Waals surface area (Å²) in [5, 5.41) is 22.3. The summed E-state index contributed by atoms with van der Waals surface area (Å²) in [5.41, 5.74) is 0.612. The fourth-order valence-electron chi connectivity index (χ4n) is 2.74. The highest BCUT2D eigenvalue weighted by atomic mass is 35.5. The van der Waals surface area contributed by atoms with Crippen molar-refractivity contribution < 1.29 is 33.5 Å². The van der Waals surface area contributed by atoms with Crippen LogP contribution in [0.15, 0.2) is 45.5 Å². The smallest absolute Gasteiger partial charge is 0.414 e. The van der Waals surface area contributed by atoms with E-state index in [0.29, 0.717) is 46.3 Å². The molecule has 11 nitrogen and oxygen atoms in total. The molecule has 3 aromatic rings. The Hall–Kier alpha value is -3.41. The van der Waals surface area contributed by atoms with E-state index in [4.69, 9.17) is 51.9 Å². The standard InChI is InChI=1S/C17H14Cl2N4O3.C2H2O4/c18-12-4-3-11(6-13(12)19)20-15(24)9-23-7-10(8-23)17-21-16(22-26-17)14-2-1-5-25-14;3-1(4)2(5)6/h1-6,10H,7-9H2,(H,20,24);(H,3,4)(H,5,6). The molecule has 1 fully saturated rings. The summed E-state index contributed by atoms with van der Waals surface area (Å²) in [6.45, 7) is 1.62. The molecule has 13 heteroatoms. The number of halogens is 2. The summed E-state index contributed by atoms with van der Waals surface area (Å²) < 4.78 is 10.5. The van der Waals surface area contributed by atoms with Crippen LogP contribution in [0.2, 0.25) is 10.0 Å². The van der Waals surface area contributed by atoms with Crippen LogP contribution in [-0.2, 0) is 14.4 Å². The SMILES string of the molecule is O=C(CN1CC(c2nc(-c3ccco3)no2)C1)Nc1ccc(Cl)c(Cl)c1.O=C(O)C(=O)O. The van der Waals surface area contributed by atoms with Crippen molar-refractivity contribution in [1.82, 2.24) is 15.0 Å². The fourth-order valence-corrected chi connectivity index (χ4v) is 3.04. The third kappa shape index (κ3) is 6.06. The van der Waals surface area contributed by atoms with Crippen LogP contribution in [0.3, 0.4) is 0 Å². The minimum atomic E-state index is -1.82. The van der Waals surface area contributed by atoms with Gasteiger partial charge >= 0.3 is 11.9 Å². The Morgan fingerprint density at radius 3 is 2.44 bits per heavy atom. The zero-order chi connectivity index (χ0) is 23.3. The Bertz CT molecular complexity index is 1100. The third-order valence-electron chi connectivity index (χ3n) is 4.24. The van der Waals surface area contributed by atoms with E-state index in [0.717, 1.165) is 0 Å². The first-order valence-electron chi connectivity index (χ1n) is 9.04. The summed E-state index contributed by atoms with van der Waals surface area (Å²) >= 11 is 11.8. The van der Waals surface area contributed by atoms with E-state index in [1.165, 1.54) is 0 Å². The van der Waals surface area contributed by atoms with Gasteiger partial charge in [0.1, 0.15) is 0 Å². The van der Waals surface area contributed by atoms with E-state index in [1.807, 2.05) is 4.90 Å². The monoisotopic (exact) mass is 482 g/mol. The number of hydrogen-bond acceptors (Lipinski definition) is 8. The molecule has 0 atom stereocenters. The Morgan fingerprint density at radius 2 is 1.84 bits per heavy atom. The molecular weight excluding hydrogens is 467 g/mol. The summed E-state index contributed by atoms with van der Waals surface area (Å²) in [6, 6.07) is 8.51. The van der Waals surface area contributed by atoms with Gasteiger partial charge in [-0.25, -0.2) is 9.59 Å². The number of likely N-dealkylation sites (tertiary alicyclic amines) is 1. The summed E-state index contributed by atoms with van der Waals surface area (Å²) in [5.74, 6) is -2.10. The minimum Gasteiger partial charge on any atom is -0.473 e. The van der Waals surface area contributed by atoms with Gasteiger partial charge < -0.3 is 24.5 Å². The molecule has 1 aliphatic heterocycles. The van der Waals surface area contributed by atoms with Crippen LogP contribution in [0.5, 0.6) is 0 Å². The molecule has 3 heterocycles. The number of carbonyl (C=O) groups excluding carboxylic acids is 1. The number of nitrogens with one attached hydrogen (secondary N) is 1. The van der Waals surface area contributed by atoms with Gasteiger partial charge in [-0.15, -0.1) is 0 Å². The maximum Gasteiger partial charge on any atom is 0.414 e. The molecule has 0 bridgehead atoms. The third-order valence-corrected chi connectivity index (χ3v) is 4.98. The molecule has 168 valence electrons. The molecule has 0 spiro atoms. The van der Waals surface area contributed by atoms with Crippen LogP contribution < -0.4 is 5.32 Å². The maximum absolute atomic E-state index is 12.1. The maximum atomic E-state index is 12.1. The number of carbonyl (C=O) groups is 3. The molecule has 4 rings (SSSR count). The number of furan rings is 1. The van der Waals surface area contributed by atoms with Crippen molar-refractivity contribution in [3.63, 3.8) is 0 Å². The molecule has 1 aromatic carbocycles. The van der Waals surface area contributed by atoms with Gasteiger partial charge in [0.2, 0.25) is 17.6 Å². The van der Waals surface area contributed by atoms with Crippen LogP contribution in [0.25, 0.3) is 11.6 Å². The van der Waals surface area contributed by atoms with Gasteiger partial charge in [-0.2, -0.15) is 4.98 Å². The minimum absolute atomic E-state index is 0.115. The lowest BCUT2D eigenvalue weighted by Crippen LogP contribution is -2.48. The number of aromatic nitrogens is 2. The number of hydrogen-bond donors (Lipinski definition) is 3. The van der Waals surface area contributed by atoms with Gasteiger partial charge in [0, 0.05) is 18.8 Å². The molecule has 1 amide bonds. The molecule has 1 aliphatic rings. The van der Waals surface area contributed by atoms with Crippen molar-refractivity contribution in [3.8, 4) is 11.6 Å². The lowest BCUT2D eigenvalue weighted by Gasteiger charge is -2.36. The van der Waals surface area contributed by atoms with Gasteiger partial charge in [0.25, 0.3) is 0 Å². The second kappa shape index (κ2) is 10.3. The quantitative estimate of drug-likeness (QED) is 0.461. The van der Waals surface area contributed by atoms with E-state index in [2.05, 4.69) is 15.5 Å². The number of aliphatic carboxylic acids is 2. The normalized spacial score (nSPS) is 13.6. The molecule has 2 aromatic heterocycles. The number of carboxylic acids is 2.